The topological polar surface area (TPSA) is 55.4 Å². The van der Waals surface area contributed by atoms with Crippen LogP contribution in [-0.2, 0) is 14.3 Å². The standard InChI is InChI=1S/C18H27NO3/c1-10-7-12-8-15(22-11(2)20)14-4-6-17(21)19-16-5-3-13(12)18(14,16)9-10/h10,12-16H,3-9H2,1-2H3,(H,19,21)/t10-,12+,13-,14-,15-,16-,18-/m1/s1. The Morgan fingerprint density at radius 3 is 2.82 bits per heavy atom. The minimum Gasteiger partial charge on any atom is -0.462 e. The van der Waals surface area contributed by atoms with Crippen molar-refractivity contribution in [1.29, 1.82) is 0 Å². The van der Waals surface area contributed by atoms with Crippen LogP contribution in [0, 0.1) is 29.1 Å². The van der Waals surface area contributed by atoms with Crippen molar-refractivity contribution in [3.8, 4) is 0 Å². The summed E-state index contributed by atoms with van der Waals surface area (Å²) in [6, 6.07) is 0.307. The maximum atomic E-state index is 12.2. The first-order valence-corrected chi connectivity index (χ1v) is 8.97. The fraction of sp³-hybridized carbons (Fsp3) is 0.889. The van der Waals surface area contributed by atoms with Crippen molar-refractivity contribution in [2.75, 3.05) is 0 Å². The highest BCUT2D eigenvalue weighted by molar-refractivity contribution is 5.77. The second-order valence-corrected chi connectivity index (χ2v) is 8.25. The van der Waals surface area contributed by atoms with E-state index in [2.05, 4.69) is 12.2 Å². The number of hydrogen-bond acceptors (Lipinski definition) is 3. The van der Waals surface area contributed by atoms with E-state index in [0.717, 1.165) is 31.1 Å². The number of nitrogens with one attached hydrogen (secondary N) is 1. The van der Waals surface area contributed by atoms with Gasteiger partial charge in [0.25, 0.3) is 0 Å². The SMILES string of the molecule is CC(=O)O[C@@H]1C[C@@H]2C[C@@H](C)C[C@]34[C@@H]2CC[C@H]3NC(=O)CC[C@H]14. The van der Waals surface area contributed by atoms with Crippen molar-refractivity contribution in [3.05, 3.63) is 0 Å². The lowest BCUT2D eigenvalue weighted by Gasteiger charge is -2.58. The fourth-order valence-electron chi connectivity index (χ4n) is 6.79. The molecule has 0 aromatic rings. The lowest BCUT2D eigenvalue weighted by molar-refractivity contribution is -0.174. The first-order chi connectivity index (χ1) is 10.5. The van der Waals surface area contributed by atoms with Crippen LogP contribution in [0.2, 0.25) is 0 Å². The molecule has 1 spiro atoms. The minimum atomic E-state index is -0.163. The smallest absolute Gasteiger partial charge is 0.302 e. The highest BCUT2D eigenvalue weighted by atomic mass is 16.5. The van der Waals surface area contributed by atoms with Crippen LogP contribution in [0.25, 0.3) is 0 Å². The van der Waals surface area contributed by atoms with Gasteiger partial charge in [0.1, 0.15) is 6.10 Å². The number of carbonyl (C=O) groups is 2. The van der Waals surface area contributed by atoms with Crippen LogP contribution in [-0.4, -0.2) is 24.0 Å². The van der Waals surface area contributed by atoms with Crippen molar-refractivity contribution in [3.63, 3.8) is 0 Å². The maximum Gasteiger partial charge on any atom is 0.302 e. The summed E-state index contributed by atoms with van der Waals surface area (Å²) in [7, 11) is 0. The van der Waals surface area contributed by atoms with E-state index < -0.39 is 0 Å². The van der Waals surface area contributed by atoms with Crippen LogP contribution in [0.3, 0.4) is 0 Å². The van der Waals surface area contributed by atoms with Gasteiger partial charge in [-0.3, -0.25) is 9.59 Å². The summed E-state index contributed by atoms with van der Waals surface area (Å²) in [5.41, 5.74) is 0.187. The maximum absolute atomic E-state index is 12.2. The normalized spacial score (nSPS) is 49.8. The molecule has 1 heterocycles. The summed E-state index contributed by atoms with van der Waals surface area (Å²) < 4.78 is 5.76. The Labute approximate surface area is 132 Å². The molecule has 0 aromatic heterocycles. The molecule has 4 nitrogen and oxygen atoms in total. The molecule has 1 amide bonds. The minimum absolute atomic E-state index is 0.0274. The first-order valence-electron chi connectivity index (χ1n) is 8.97. The molecule has 1 saturated heterocycles. The van der Waals surface area contributed by atoms with E-state index in [9.17, 15) is 9.59 Å². The van der Waals surface area contributed by atoms with Gasteiger partial charge in [-0.2, -0.15) is 0 Å². The summed E-state index contributed by atoms with van der Waals surface area (Å²) in [6.45, 7) is 3.89. The Hall–Kier alpha value is -1.06. The molecule has 3 saturated carbocycles. The third-order valence-corrected chi connectivity index (χ3v) is 7.09. The molecule has 122 valence electrons. The number of amides is 1. The number of hydrogen-bond donors (Lipinski definition) is 1. The lowest BCUT2D eigenvalue weighted by Crippen LogP contribution is -2.59. The van der Waals surface area contributed by atoms with E-state index in [0.29, 0.717) is 24.3 Å². The zero-order valence-electron chi connectivity index (χ0n) is 13.6. The molecule has 2 bridgehead atoms. The predicted molar refractivity (Wildman–Crippen MR) is 81.9 cm³/mol. The monoisotopic (exact) mass is 305 g/mol. The van der Waals surface area contributed by atoms with Crippen molar-refractivity contribution < 1.29 is 14.3 Å². The van der Waals surface area contributed by atoms with Gasteiger partial charge in [-0.1, -0.05) is 6.92 Å². The van der Waals surface area contributed by atoms with E-state index >= 15 is 0 Å². The second kappa shape index (κ2) is 4.97. The van der Waals surface area contributed by atoms with Gasteiger partial charge in [0, 0.05) is 30.7 Å². The average Bonchev–Trinajstić information content (AvgIpc) is 2.71. The van der Waals surface area contributed by atoms with Crippen LogP contribution in [0.1, 0.15) is 58.8 Å². The molecule has 7 atom stereocenters. The summed E-state index contributed by atoms with van der Waals surface area (Å²) >= 11 is 0. The molecule has 1 N–H and O–H groups in total. The first kappa shape index (κ1) is 14.5. The summed E-state index contributed by atoms with van der Waals surface area (Å²) in [4.78, 5) is 23.8. The van der Waals surface area contributed by atoms with E-state index in [-0.39, 0.29) is 23.4 Å². The lowest BCUT2D eigenvalue weighted by atomic mass is 9.48. The fourth-order valence-corrected chi connectivity index (χ4v) is 6.79. The zero-order chi connectivity index (χ0) is 15.5. The number of esters is 1. The van der Waals surface area contributed by atoms with Gasteiger partial charge in [0.15, 0.2) is 0 Å². The van der Waals surface area contributed by atoms with Gasteiger partial charge in [-0.25, -0.2) is 0 Å². The van der Waals surface area contributed by atoms with Gasteiger partial charge < -0.3 is 10.1 Å². The van der Waals surface area contributed by atoms with Crippen LogP contribution in [0.5, 0.6) is 0 Å². The molecule has 0 radical (unpaired) electrons. The molecular formula is C18H27NO3. The highest BCUT2D eigenvalue weighted by Crippen LogP contribution is 2.66. The van der Waals surface area contributed by atoms with E-state index in [1.165, 1.54) is 26.2 Å². The second-order valence-electron chi connectivity index (χ2n) is 8.25. The Morgan fingerprint density at radius 1 is 1.23 bits per heavy atom. The molecule has 22 heavy (non-hydrogen) atoms. The zero-order valence-corrected chi connectivity index (χ0v) is 13.6. The van der Waals surface area contributed by atoms with Gasteiger partial charge >= 0.3 is 5.97 Å². The predicted octanol–water partition coefficient (Wildman–Crippen LogP) is 2.66. The van der Waals surface area contributed by atoms with Crippen molar-refractivity contribution in [2.24, 2.45) is 29.1 Å². The molecular weight excluding hydrogens is 278 g/mol. The number of rotatable bonds is 1. The van der Waals surface area contributed by atoms with Crippen molar-refractivity contribution in [2.45, 2.75) is 70.9 Å². The number of carbonyl (C=O) groups excluding carboxylic acids is 2. The molecule has 4 rings (SSSR count). The van der Waals surface area contributed by atoms with Crippen LogP contribution in [0.4, 0.5) is 0 Å². The molecule has 1 aliphatic heterocycles. The molecule has 0 aromatic carbocycles. The van der Waals surface area contributed by atoms with Crippen LogP contribution >= 0.6 is 0 Å². The Bertz CT molecular complexity index is 505. The average molecular weight is 305 g/mol. The van der Waals surface area contributed by atoms with E-state index in [1.54, 1.807) is 0 Å². The van der Waals surface area contributed by atoms with Crippen molar-refractivity contribution >= 4 is 11.9 Å². The third kappa shape index (κ3) is 1.95. The summed E-state index contributed by atoms with van der Waals surface area (Å²) in [6.07, 6.45) is 7.33. The number of ether oxygens (including phenoxy) is 1. The largest absolute Gasteiger partial charge is 0.462 e. The molecule has 4 heteroatoms. The Balaban J connectivity index is 1.77. The molecule has 0 unspecified atom stereocenters. The van der Waals surface area contributed by atoms with Crippen LogP contribution < -0.4 is 5.32 Å². The van der Waals surface area contributed by atoms with Gasteiger partial charge in [0.05, 0.1) is 0 Å². The highest BCUT2D eigenvalue weighted by Gasteiger charge is 2.65. The van der Waals surface area contributed by atoms with E-state index in [4.69, 9.17) is 4.74 Å². The molecule has 4 aliphatic rings. The molecule has 4 fully saturated rings. The van der Waals surface area contributed by atoms with Crippen LogP contribution in [0.15, 0.2) is 0 Å². The summed E-state index contributed by atoms with van der Waals surface area (Å²) in [5, 5.41) is 3.33. The summed E-state index contributed by atoms with van der Waals surface area (Å²) in [5.74, 6) is 2.52. The molecule has 3 aliphatic carbocycles. The quantitative estimate of drug-likeness (QED) is 0.758. The van der Waals surface area contributed by atoms with Gasteiger partial charge in [0.2, 0.25) is 5.91 Å². The van der Waals surface area contributed by atoms with Gasteiger partial charge in [-0.05, 0) is 56.3 Å². The Kier molecular flexibility index (Phi) is 3.28. The third-order valence-electron chi connectivity index (χ3n) is 7.09. The Morgan fingerprint density at radius 2 is 2.05 bits per heavy atom. The van der Waals surface area contributed by atoms with E-state index in [1.807, 2.05) is 0 Å². The van der Waals surface area contributed by atoms with Crippen molar-refractivity contribution in [1.82, 2.24) is 5.32 Å². The van der Waals surface area contributed by atoms with Gasteiger partial charge in [-0.15, -0.1) is 0 Å².